The molecule has 1 aromatic heterocycles. The molecule has 1 N–H and O–H groups in total. The van der Waals surface area contributed by atoms with E-state index in [0.29, 0.717) is 5.02 Å². The van der Waals surface area contributed by atoms with Crippen LogP contribution in [0.25, 0.3) is 0 Å². The first-order valence-electron chi connectivity index (χ1n) is 10.5. The maximum atomic E-state index is 16.1. The highest BCUT2D eigenvalue weighted by Crippen LogP contribution is 2.42. The molecule has 0 unspecified atom stereocenters. The maximum absolute atomic E-state index is 16.1. The van der Waals surface area contributed by atoms with Gasteiger partial charge in [-0.15, -0.1) is 0 Å². The van der Waals surface area contributed by atoms with Crippen molar-refractivity contribution in [2.45, 2.75) is 31.0 Å². The van der Waals surface area contributed by atoms with Crippen LogP contribution in [-0.2, 0) is 14.2 Å². The van der Waals surface area contributed by atoms with Crippen LogP contribution >= 0.6 is 11.6 Å². The number of hydrogen-bond donors (Lipinski definition) is 1. The number of alkyl halides is 1. The predicted octanol–water partition coefficient (Wildman–Crippen LogP) is 2.90. The van der Waals surface area contributed by atoms with Gasteiger partial charge < -0.3 is 14.2 Å². The Hall–Kier alpha value is -3.76. The fourth-order valence-corrected chi connectivity index (χ4v) is 3.95. The second-order valence-electron chi connectivity index (χ2n) is 8.00. The molecule has 0 saturated carbocycles. The third kappa shape index (κ3) is 5.18. The molecule has 182 valence electrons. The number of ether oxygens (including phenoxy) is 3. The molecule has 4 atom stereocenters. The lowest BCUT2D eigenvalue weighted by Gasteiger charge is -2.27. The van der Waals surface area contributed by atoms with Crippen LogP contribution in [-0.4, -0.2) is 46.0 Å². The summed E-state index contributed by atoms with van der Waals surface area (Å²) in [5.41, 5.74) is -3.72. The van der Waals surface area contributed by atoms with E-state index < -0.39 is 53.9 Å². The molecule has 0 amide bonds. The van der Waals surface area contributed by atoms with E-state index in [9.17, 15) is 19.2 Å². The Kier molecular flexibility index (Phi) is 6.86. The zero-order chi connectivity index (χ0) is 25.2. The Morgan fingerprint density at radius 3 is 2.49 bits per heavy atom. The number of benzene rings is 2. The molecule has 4 rings (SSSR count). The molecule has 2 heterocycles. The fourth-order valence-electron chi connectivity index (χ4n) is 3.76. The minimum absolute atomic E-state index is 0.157. The quantitative estimate of drug-likeness (QED) is 0.515. The van der Waals surface area contributed by atoms with Crippen LogP contribution < -0.4 is 11.2 Å². The SMILES string of the molecule is C[C@@]1(F)[C@H](OC(=O)c2ccccc2)[C@@H](COC(=O)c2cccc(Cl)c2)O[C@H]1n1ccc(=O)[nH]c1=O. The van der Waals surface area contributed by atoms with Crippen LogP contribution in [0.4, 0.5) is 4.39 Å². The van der Waals surface area contributed by atoms with Crippen LogP contribution in [0.2, 0.25) is 5.02 Å². The first-order valence-corrected chi connectivity index (χ1v) is 10.9. The Labute approximate surface area is 203 Å². The van der Waals surface area contributed by atoms with Crippen molar-refractivity contribution in [1.82, 2.24) is 9.55 Å². The predicted molar refractivity (Wildman–Crippen MR) is 122 cm³/mol. The normalized spacial score (nSPS) is 23.6. The van der Waals surface area contributed by atoms with Gasteiger partial charge in [0, 0.05) is 17.3 Å². The molecule has 1 aliphatic rings. The summed E-state index contributed by atoms with van der Waals surface area (Å²) in [6.45, 7) is 0.600. The second kappa shape index (κ2) is 9.85. The van der Waals surface area contributed by atoms with E-state index in [1.54, 1.807) is 30.3 Å². The minimum atomic E-state index is -2.44. The summed E-state index contributed by atoms with van der Waals surface area (Å²) in [6, 6.07) is 15.0. The molecule has 0 spiro atoms. The number of rotatable bonds is 6. The van der Waals surface area contributed by atoms with Gasteiger partial charge in [-0.25, -0.2) is 18.8 Å². The van der Waals surface area contributed by atoms with Crippen LogP contribution in [0.3, 0.4) is 0 Å². The molecular formula is C24H20ClFN2O7. The number of hydrogen-bond acceptors (Lipinski definition) is 7. The molecule has 0 bridgehead atoms. The molecule has 1 fully saturated rings. The molecule has 1 aliphatic heterocycles. The number of nitrogens with one attached hydrogen (secondary N) is 1. The van der Waals surface area contributed by atoms with Crippen molar-refractivity contribution in [1.29, 1.82) is 0 Å². The van der Waals surface area contributed by atoms with Crippen molar-refractivity contribution in [3.8, 4) is 0 Å². The van der Waals surface area contributed by atoms with Gasteiger partial charge in [-0.05, 0) is 37.3 Å². The zero-order valence-corrected chi connectivity index (χ0v) is 19.1. The number of carbonyl (C=O) groups is 2. The highest BCUT2D eigenvalue weighted by Gasteiger charge is 2.58. The summed E-state index contributed by atoms with van der Waals surface area (Å²) in [5, 5.41) is 0.320. The molecule has 1 saturated heterocycles. The maximum Gasteiger partial charge on any atom is 0.338 e. The number of aromatic amines is 1. The van der Waals surface area contributed by atoms with Crippen molar-refractivity contribution in [2.24, 2.45) is 0 Å². The Morgan fingerprint density at radius 1 is 1.09 bits per heavy atom. The standard InChI is InChI=1S/C24H20ClFN2O7/c1-24(26)19(35-21(31)14-6-3-2-4-7-14)17(13-33-20(30)15-8-5-9-16(25)12-15)34-22(24)28-11-10-18(29)27-23(28)32/h2-12,17,19,22H,13H2,1H3,(H,27,29,32)/t17-,19-,22-,24-/m1/s1. The zero-order valence-electron chi connectivity index (χ0n) is 18.4. The van der Waals surface area contributed by atoms with Crippen molar-refractivity contribution in [2.75, 3.05) is 6.61 Å². The Morgan fingerprint density at radius 2 is 1.80 bits per heavy atom. The smallest absolute Gasteiger partial charge is 0.338 e. The van der Waals surface area contributed by atoms with E-state index in [0.717, 1.165) is 23.8 Å². The van der Waals surface area contributed by atoms with Gasteiger partial charge in [-0.1, -0.05) is 35.9 Å². The van der Waals surface area contributed by atoms with Gasteiger partial charge in [0.25, 0.3) is 5.56 Å². The van der Waals surface area contributed by atoms with Gasteiger partial charge in [-0.2, -0.15) is 0 Å². The van der Waals surface area contributed by atoms with Gasteiger partial charge >= 0.3 is 17.6 Å². The Balaban J connectivity index is 1.61. The van der Waals surface area contributed by atoms with Gasteiger partial charge in [-0.3, -0.25) is 14.3 Å². The first-order chi connectivity index (χ1) is 16.7. The lowest BCUT2D eigenvalue weighted by atomic mass is 9.98. The highest BCUT2D eigenvalue weighted by molar-refractivity contribution is 6.30. The van der Waals surface area contributed by atoms with Crippen molar-refractivity contribution in [3.63, 3.8) is 0 Å². The average Bonchev–Trinajstić information content (AvgIpc) is 3.07. The third-order valence-corrected chi connectivity index (χ3v) is 5.70. The van der Waals surface area contributed by atoms with Crippen molar-refractivity contribution < 1.29 is 28.2 Å². The summed E-state index contributed by atoms with van der Waals surface area (Å²) in [7, 11) is 0. The van der Waals surface area contributed by atoms with E-state index in [1.807, 2.05) is 4.98 Å². The van der Waals surface area contributed by atoms with E-state index in [2.05, 4.69) is 0 Å². The number of carbonyl (C=O) groups excluding carboxylic acids is 2. The van der Waals surface area contributed by atoms with Crippen molar-refractivity contribution in [3.05, 3.63) is 104 Å². The van der Waals surface area contributed by atoms with E-state index in [-0.39, 0.29) is 11.1 Å². The summed E-state index contributed by atoms with van der Waals surface area (Å²) >= 11 is 5.91. The molecule has 3 aromatic rings. The van der Waals surface area contributed by atoms with Crippen LogP contribution in [0.5, 0.6) is 0 Å². The number of halogens is 2. The summed E-state index contributed by atoms with van der Waals surface area (Å²) in [5.74, 6) is -1.59. The van der Waals surface area contributed by atoms with Gasteiger partial charge in [0.1, 0.15) is 12.7 Å². The summed E-state index contributed by atoms with van der Waals surface area (Å²) < 4.78 is 33.4. The Bertz CT molecular complexity index is 1360. The van der Waals surface area contributed by atoms with Crippen LogP contribution in [0, 0.1) is 0 Å². The monoisotopic (exact) mass is 502 g/mol. The molecule has 9 nitrogen and oxygen atoms in total. The first kappa shape index (κ1) is 24.4. The van der Waals surface area contributed by atoms with Crippen molar-refractivity contribution >= 4 is 23.5 Å². The summed E-state index contributed by atoms with van der Waals surface area (Å²) in [4.78, 5) is 51.0. The molecule has 0 radical (unpaired) electrons. The number of nitrogens with zero attached hydrogens (tertiary/aromatic N) is 1. The van der Waals surface area contributed by atoms with E-state index in [4.69, 9.17) is 25.8 Å². The number of H-pyrrole nitrogens is 1. The highest BCUT2D eigenvalue weighted by atomic mass is 35.5. The number of aromatic nitrogens is 2. The van der Waals surface area contributed by atoms with Gasteiger partial charge in [0.2, 0.25) is 0 Å². The second-order valence-corrected chi connectivity index (χ2v) is 8.43. The minimum Gasteiger partial charge on any atom is -0.459 e. The lowest BCUT2D eigenvalue weighted by molar-refractivity contribution is -0.0649. The van der Waals surface area contributed by atoms with Gasteiger partial charge in [0.15, 0.2) is 18.0 Å². The number of esters is 2. The van der Waals surface area contributed by atoms with Crippen LogP contribution in [0.15, 0.2) is 76.4 Å². The third-order valence-electron chi connectivity index (χ3n) is 5.47. The molecule has 2 aromatic carbocycles. The molecule has 35 heavy (non-hydrogen) atoms. The summed E-state index contributed by atoms with van der Waals surface area (Å²) in [6.07, 6.45) is -3.36. The largest absolute Gasteiger partial charge is 0.459 e. The van der Waals surface area contributed by atoms with E-state index >= 15 is 4.39 Å². The van der Waals surface area contributed by atoms with Crippen LogP contribution in [0.1, 0.15) is 33.9 Å². The molecule has 0 aliphatic carbocycles. The average molecular weight is 503 g/mol. The molecular weight excluding hydrogens is 483 g/mol. The molecule has 11 heteroatoms. The topological polar surface area (TPSA) is 117 Å². The van der Waals surface area contributed by atoms with Gasteiger partial charge in [0.05, 0.1) is 11.1 Å². The lowest BCUT2D eigenvalue weighted by Crippen LogP contribution is -2.46. The van der Waals surface area contributed by atoms with E-state index in [1.165, 1.54) is 24.3 Å². The fraction of sp³-hybridized carbons (Fsp3) is 0.250.